The Balaban J connectivity index is 1.64. The van der Waals surface area contributed by atoms with E-state index >= 15 is 0 Å². The Morgan fingerprint density at radius 2 is 1.77 bits per heavy atom. The van der Waals surface area contributed by atoms with Crippen molar-refractivity contribution in [3.8, 4) is 0 Å². The molecule has 4 nitrogen and oxygen atoms in total. The number of halogens is 3. The van der Waals surface area contributed by atoms with Crippen LogP contribution in [0, 0.1) is 5.82 Å². The third kappa shape index (κ3) is 4.31. The minimum Gasteiger partial charge on any atom is -0.366 e. The fourth-order valence-electron chi connectivity index (χ4n) is 2.31. The van der Waals surface area contributed by atoms with Gasteiger partial charge in [-0.1, -0.05) is 47.5 Å². The van der Waals surface area contributed by atoms with Crippen LogP contribution in [0.1, 0.15) is 15.9 Å². The number of carbonyl (C=O) groups is 1. The Morgan fingerprint density at radius 1 is 1.00 bits per heavy atom. The molecule has 0 unspecified atom stereocenters. The Labute approximate surface area is 160 Å². The number of anilines is 2. The van der Waals surface area contributed by atoms with Crippen molar-refractivity contribution >= 4 is 40.6 Å². The van der Waals surface area contributed by atoms with Gasteiger partial charge in [-0.3, -0.25) is 4.79 Å². The van der Waals surface area contributed by atoms with Gasteiger partial charge in [0, 0.05) is 11.6 Å². The number of carbonyl (C=O) groups excluding carboxylic acids is 1. The van der Waals surface area contributed by atoms with E-state index in [1.165, 1.54) is 24.4 Å². The van der Waals surface area contributed by atoms with Gasteiger partial charge in [0.05, 0.1) is 22.5 Å². The molecule has 1 amide bonds. The summed E-state index contributed by atoms with van der Waals surface area (Å²) in [6.07, 6.45) is 1.47. The average Bonchev–Trinajstić information content (AvgIpc) is 2.62. The molecule has 26 heavy (non-hydrogen) atoms. The van der Waals surface area contributed by atoms with E-state index in [0.717, 1.165) is 5.56 Å². The second kappa shape index (κ2) is 8.17. The molecule has 0 spiro atoms. The molecule has 132 valence electrons. The molecule has 1 heterocycles. The average molecular weight is 390 g/mol. The maximum Gasteiger partial charge on any atom is 0.260 e. The van der Waals surface area contributed by atoms with Crippen LogP contribution in [0.4, 0.5) is 15.9 Å². The van der Waals surface area contributed by atoms with Crippen molar-refractivity contribution in [2.45, 2.75) is 6.54 Å². The molecule has 3 rings (SSSR count). The van der Waals surface area contributed by atoms with Crippen molar-refractivity contribution in [1.29, 1.82) is 0 Å². The lowest BCUT2D eigenvalue weighted by Crippen LogP contribution is -2.14. The Kier molecular flexibility index (Phi) is 5.71. The third-order valence-electron chi connectivity index (χ3n) is 3.63. The molecule has 2 aromatic carbocycles. The van der Waals surface area contributed by atoms with E-state index in [-0.39, 0.29) is 10.6 Å². The highest BCUT2D eigenvalue weighted by Crippen LogP contribution is 2.21. The lowest BCUT2D eigenvalue weighted by molar-refractivity contribution is 0.102. The predicted octanol–water partition coefficient (Wildman–Crippen LogP) is 5.39. The van der Waals surface area contributed by atoms with Crippen molar-refractivity contribution < 1.29 is 9.18 Å². The number of amides is 1. The zero-order chi connectivity index (χ0) is 18.5. The van der Waals surface area contributed by atoms with Crippen molar-refractivity contribution in [3.63, 3.8) is 0 Å². The zero-order valence-electron chi connectivity index (χ0n) is 13.5. The molecule has 0 saturated carbocycles. The first kappa shape index (κ1) is 18.2. The van der Waals surface area contributed by atoms with E-state index in [9.17, 15) is 9.18 Å². The second-order valence-corrected chi connectivity index (χ2v) is 6.24. The summed E-state index contributed by atoms with van der Waals surface area (Å²) in [6, 6.07) is 15.0. The SMILES string of the molecule is O=C(Nc1ccc(NCc2ccccc2Cl)nc1)c1c(F)cccc1Cl. The summed E-state index contributed by atoms with van der Waals surface area (Å²) in [5, 5.41) is 6.44. The molecule has 1 aromatic heterocycles. The van der Waals surface area contributed by atoms with E-state index in [0.29, 0.717) is 23.1 Å². The van der Waals surface area contributed by atoms with Crippen LogP contribution in [0.5, 0.6) is 0 Å². The number of hydrogen-bond acceptors (Lipinski definition) is 3. The van der Waals surface area contributed by atoms with Gasteiger partial charge in [-0.25, -0.2) is 9.37 Å². The van der Waals surface area contributed by atoms with Gasteiger partial charge in [-0.15, -0.1) is 0 Å². The van der Waals surface area contributed by atoms with Crippen LogP contribution in [-0.2, 0) is 6.54 Å². The highest BCUT2D eigenvalue weighted by Gasteiger charge is 2.15. The molecule has 0 aliphatic heterocycles. The summed E-state index contributed by atoms with van der Waals surface area (Å²) in [6.45, 7) is 0.517. The van der Waals surface area contributed by atoms with Crippen molar-refractivity contribution in [2.24, 2.45) is 0 Å². The molecule has 0 aliphatic carbocycles. The Morgan fingerprint density at radius 3 is 2.46 bits per heavy atom. The normalized spacial score (nSPS) is 10.4. The highest BCUT2D eigenvalue weighted by atomic mass is 35.5. The monoisotopic (exact) mass is 389 g/mol. The van der Waals surface area contributed by atoms with Gasteiger partial charge in [-0.2, -0.15) is 0 Å². The van der Waals surface area contributed by atoms with Crippen LogP contribution in [0.25, 0.3) is 0 Å². The summed E-state index contributed by atoms with van der Waals surface area (Å²) < 4.78 is 13.8. The molecule has 3 aromatic rings. The van der Waals surface area contributed by atoms with Gasteiger partial charge < -0.3 is 10.6 Å². The molecule has 0 fully saturated rings. The first-order valence-corrected chi connectivity index (χ1v) is 8.49. The molecule has 0 bridgehead atoms. The fraction of sp³-hybridized carbons (Fsp3) is 0.0526. The minimum absolute atomic E-state index is 0.0495. The highest BCUT2D eigenvalue weighted by molar-refractivity contribution is 6.34. The second-order valence-electron chi connectivity index (χ2n) is 5.43. The number of pyridine rings is 1. The van der Waals surface area contributed by atoms with Gasteiger partial charge in [0.15, 0.2) is 0 Å². The van der Waals surface area contributed by atoms with E-state index in [2.05, 4.69) is 15.6 Å². The third-order valence-corrected chi connectivity index (χ3v) is 4.31. The molecule has 0 saturated heterocycles. The van der Waals surface area contributed by atoms with Crippen molar-refractivity contribution in [3.05, 3.63) is 87.8 Å². The molecule has 7 heteroatoms. The lowest BCUT2D eigenvalue weighted by atomic mass is 10.2. The maximum atomic E-state index is 13.8. The van der Waals surface area contributed by atoms with Crippen LogP contribution in [0.3, 0.4) is 0 Å². The van der Waals surface area contributed by atoms with Crippen molar-refractivity contribution in [1.82, 2.24) is 4.98 Å². The summed E-state index contributed by atoms with van der Waals surface area (Å²) in [5.74, 6) is -0.695. The fourth-order valence-corrected chi connectivity index (χ4v) is 2.76. The molecule has 0 atom stereocenters. The Bertz CT molecular complexity index is 912. The van der Waals surface area contributed by atoms with Crippen molar-refractivity contribution in [2.75, 3.05) is 10.6 Å². The van der Waals surface area contributed by atoms with Crippen LogP contribution in [0.2, 0.25) is 10.0 Å². The van der Waals surface area contributed by atoms with E-state index in [4.69, 9.17) is 23.2 Å². The molecular formula is C19H14Cl2FN3O. The summed E-state index contributed by atoms with van der Waals surface area (Å²) in [4.78, 5) is 16.4. The lowest BCUT2D eigenvalue weighted by Gasteiger charge is -2.10. The first-order chi connectivity index (χ1) is 12.5. The standard InChI is InChI=1S/C19H14Cl2FN3O/c20-14-5-2-1-4-12(14)10-23-17-9-8-13(11-24-17)25-19(26)18-15(21)6-3-7-16(18)22/h1-9,11H,10H2,(H,23,24)(H,25,26). The number of nitrogens with zero attached hydrogens (tertiary/aromatic N) is 1. The topological polar surface area (TPSA) is 54.0 Å². The number of hydrogen-bond donors (Lipinski definition) is 2. The van der Waals surface area contributed by atoms with Gasteiger partial charge >= 0.3 is 0 Å². The van der Waals surface area contributed by atoms with E-state index in [1.54, 1.807) is 12.1 Å². The number of aromatic nitrogens is 1. The smallest absolute Gasteiger partial charge is 0.260 e. The molecule has 0 aliphatic rings. The Hall–Kier alpha value is -2.63. The van der Waals surface area contributed by atoms with E-state index < -0.39 is 11.7 Å². The van der Waals surface area contributed by atoms with Gasteiger partial charge in [0.25, 0.3) is 5.91 Å². The molecule has 0 radical (unpaired) electrons. The summed E-state index contributed by atoms with van der Waals surface area (Å²) >= 11 is 12.0. The van der Waals surface area contributed by atoms with Crippen LogP contribution in [-0.4, -0.2) is 10.9 Å². The zero-order valence-corrected chi connectivity index (χ0v) is 15.0. The van der Waals surface area contributed by atoms with Gasteiger partial charge in [-0.05, 0) is 35.9 Å². The van der Waals surface area contributed by atoms with Gasteiger partial charge in [0.1, 0.15) is 11.6 Å². The molecular weight excluding hydrogens is 376 g/mol. The minimum atomic E-state index is -0.680. The summed E-state index contributed by atoms with van der Waals surface area (Å²) in [5.41, 5.74) is 1.18. The number of nitrogens with one attached hydrogen (secondary N) is 2. The van der Waals surface area contributed by atoms with Crippen LogP contribution in [0.15, 0.2) is 60.8 Å². The predicted molar refractivity (Wildman–Crippen MR) is 102 cm³/mol. The summed E-state index contributed by atoms with van der Waals surface area (Å²) in [7, 11) is 0. The first-order valence-electron chi connectivity index (χ1n) is 7.73. The van der Waals surface area contributed by atoms with E-state index in [1.807, 2.05) is 24.3 Å². The maximum absolute atomic E-state index is 13.8. The molecule has 2 N–H and O–H groups in total. The number of benzene rings is 2. The quantitative estimate of drug-likeness (QED) is 0.614. The van der Waals surface area contributed by atoms with Crippen LogP contribution >= 0.6 is 23.2 Å². The van der Waals surface area contributed by atoms with Crippen LogP contribution < -0.4 is 10.6 Å². The van der Waals surface area contributed by atoms with Gasteiger partial charge in [0.2, 0.25) is 0 Å². The largest absolute Gasteiger partial charge is 0.366 e. The number of rotatable bonds is 5.